The van der Waals surface area contributed by atoms with E-state index in [2.05, 4.69) is 5.16 Å². The van der Waals surface area contributed by atoms with Crippen molar-refractivity contribution in [1.82, 2.24) is 5.16 Å². The van der Waals surface area contributed by atoms with Gasteiger partial charge in [-0.05, 0) is 32.6 Å². The number of carbonyl (C=O) groups is 1. The highest BCUT2D eigenvalue weighted by molar-refractivity contribution is 5.70. The summed E-state index contributed by atoms with van der Waals surface area (Å²) in [5.74, 6) is -0.0590. The first-order valence-electron chi connectivity index (χ1n) is 5.50. The molecule has 0 saturated heterocycles. The fourth-order valence-corrected chi connectivity index (χ4v) is 2.36. The van der Waals surface area contributed by atoms with Gasteiger partial charge in [0.05, 0.1) is 11.5 Å². The third kappa shape index (κ3) is 1.89. The lowest BCUT2D eigenvalue weighted by Gasteiger charge is -2.24. The van der Waals surface area contributed by atoms with Crippen LogP contribution in [0, 0.1) is 12.8 Å². The van der Waals surface area contributed by atoms with Crippen LogP contribution in [0.2, 0.25) is 0 Å². The smallest absolute Gasteiger partial charge is 0.306 e. The summed E-state index contributed by atoms with van der Waals surface area (Å²) < 4.78 is 5.15. The summed E-state index contributed by atoms with van der Waals surface area (Å²) in [5, 5.41) is 11.2. The van der Waals surface area contributed by atoms with Gasteiger partial charge in [0.1, 0.15) is 5.76 Å². The Morgan fingerprint density at radius 3 is 2.44 bits per heavy atom. The lowest BCUT2D eigenvalue weighted by atomic mass is 9.80. The molecule has 1 aromatic heterocycles. The lowest BCUT2D eigenvalue weighted by molar-refractivity contribution is -0.142. The van der Waals surface area contributed by atoms with E-state index in [4.69, 9.17) is 9.63 Å². The minimum absolute atomic E-state index is 0.185. The number of hydrogen-bond donors (Lipinski definition) is 2. The number of rotatable bonds is 2. The molecule has 2 rings (SSSR count). The molecule has 1 aliphatic rings. The zero-order valence-electron chi connectivity index (χ0n) is 9.16. The van der Waals surface area contributed by atoms with Crippen molar-refractivity contribution in [2.75, 3.05) is 0 Å². The summed E-state index contributed by atoms with van der Waals surface area (Å²) in [6.45, 7) is 1.74. The van der Waals surface area contributed by atoms with E-state index in [1.54, 1.807) is 6.92 Å². The molecule has 0 unspecified atom stereocenters. The largest absolute Gasteiger partial charge is 0.481 e. The first-order chi connectivity index (χ1) is 7.59. The molecule has 88 valence electrons. The van der Waals surface area contributed by atoms with Gasteiger partial charge in [-0.3, -0.25) is 9.59 Å². The van der Waals surface area contributed by atoms with E-state index >= 15 is 0 Å². The maximum Gasteiger partial charge on any atom is 0.306 e. The average Bonchev–Trinajstić information content (AvgIpc) is 2.60. The van der Waals surface area contributed by atoms with Crippen LogP contribution in [-0.4, -0.2) is 16.2 Å². The van der Waals surface area contributed by atoms with E-state index in [1.165, 1.54) is 0 Å². The number of aromatic amines is 1. The van der Waals surface area contributed by atoms with Crippen molar-refractivity contribution in [3.8, 4) is 0 Å². The van der Waals surface area contributed by atoms with Crippen LogP contribution in [0.4, 0.5) is 0 Å². The molecular weight excluding hydrogens is 210 g/mol. The molecule has 0 aromatic carbocycles. The highest BCUT2D eigenvalue weighted by Crippen LogP contribution is 2.36. The number of aromatic nitrogens is 1. The Hall–Kier alpha value is -1.52. The van der Waals surface area contributed by atoms with Crippen molar-refractivity contribution < 1.29 is 14.4 Å². The zero-order chi connectivity index (χ0) is 11.7. The molecule has 2 N–H and O–H groups in total. The second-order valence-electron chi connectivity index (χ2n) is 4.41. The second-order valence-corrected chi connectivity index (χ2v) is 4.41. The Balaban J connectivity index is 2.07. The van der Waals surface area contributed by atoms with Gasteiger partial charge in [0.25, 0.3) is 5.56 Å². The topological polar surface area (TPSA) is 83.3 Å². The van der Waals surface area contributed by atoms with Gasteiger partial charge >= 0.3 is 5.97 Å². The maximum absolute atomic E-state index is 11.2. The molecule has 5 heteroatoms. The quantitative estimate of drug-likeness (QED) is 0.801. The van der Waals surface area contributed by atoms with Crippen LogP contribution >= 0.6 is 0 Å². The first-order valence-corrected chi connectivity index (χ1v) is 5.50. The molecule has 0 amide bonds. The molecular formula is C11H15NO4. The van der Waals surface area contributed by atoms with Gasteiger partial charge in [-0.1, -0.05) is 0 Å². The van der Waals surface area contributed by atoms with E-state index in [-0.39, 0.29) is 17.4 Å². The third-order valence-electron chi connectivity index (χ3n) is 3.41. The van der Waals surface area contributed by atoms with E-state index in [1.807, 2.05) is 0 Å². The number of aliphatic carboxylic acids is 1. The Morgan fingerprint density at radius 2 is 2.00 bits per heavy atom. The Kier molecular flexibility index (Phi) is 2.85. The summed E-state index contributed by atoms with van der Waals surface area (Å²) in [4.78, 5) is 22.0. The maximum atomic E-state index is 11.2. The van der Waals surface area contributed by atoms with Crippen molar-refractivity contribution in [2.45, 2.75) is 38.5 Å². The molecule has 0 bridgehead atoms. The van der Waals surface area contributed by atoms with E-state index < -0.39 is 5.97 Å². The summed E-state index contributed by atoms with van der Waals surface area (Å²) in [6, 6.07) is 0. The van der Waals surface area contributed by atoms with Crippen LogP contribution in [0.5, 0.6) is 0 Å². The van der Waals surface area contributed by atoms with Gasteiger partial charge in [0.15, 0.2) is 0 Å². The normalized spacial score (nSPS) is 25.6. The van der Waals surface area contributed by atoms with Crippen molar-refractivity contribution in [3.63, 3.8) is 0 Å². The lowest BCUT2D eigenvalue weighted by Crippen LogP contribution is -2.20. The summed E-state index contributed by atoms with van der Waals surface area (Å²) >= 11 is 0. The number of carboxylic acids is 1. The third-order valence-corrected chi connectivity index (χ3v) is 3.41. The molecule has 1 heterocycles. The van der Waals surface area contributed by atoms with Crippen molar-refractivity contribution in [2.24, 2.45) is 5.92 Å². The van der Waals surface area contributed by atoms with E-state index in [0.29, 0.717) is 24.2 Å². The van der Waals surface area contributed by atoms with Crippen LogP contribution in [0.15, 0.2) is 9.32 Å². The van der Waals surface area contributed by atoms with Crippen LogP contribution in [0.3, 0.4) is 0 Å². The van der Waals surface area contributed by atoms with Crippen molar-refractivity contribution >= 4 is 5.97 Å². The first kappa shape index (κ1) is 11.0. The fraction of sp³-hybridized carbons (Fsp3) is 0.636. The van der Waals surface area contributed by atoms with Crippen molar-refractivity contribution in [1.29, 1.82) is 0 Å². The molecule has 1 aromatic rings. The Bertz CT molecular complexity index is 437. The molecule has 1 saturated carbocycles. The van der Waals surface area contributed by atoms with Gasteiger partial charge < -0.3 is 9.63 Å². The molecule has 0 atom stereocenters. The predicted molar refractivity (Wildman–Crippen MR) is 56.4 cm³/mol. The highest BCUT2D eigenvalue weighted by Gasteiger charge is 2.29. The molecule has 0 aliphatic heterocycles. The number of carboxylic acid groups (broad SMARTS) is 1. The predicted octanol–water partition coefficient (Wildman–Crippen LogP) is 1.63. The Morgan fingerprint density at radius 1 is 1.38 bits per heavy atom. The molecule has 5 nitrogen and oxygen atoms in total. The van der Waals surface area contributed by atoms with Gasteiger partial charge in [0.2, 0.25) is 0 Å². The van der Waals surface area contributed by atoms with Crippen LogP contribution < -0.4 is 5.56 Å². The SMILES string of the molecule is Cc1c(C2CCC(C(=O)O)CC2)o[nH]c1=O. The van der Waals surface area contributed by atoms with Crippen LogP contribution in [0.1, 0.15) is 42.9 Å². The molecule has 1 fully saturated rings. The Labute approximate surface area is 92.4 Å². The summed E-state index contributed by atoms with van der Waals surface area (Å²) in [6.07, 6.45) is 2.87. The molecule has 16 heavy (non-hydrogen) atoms. The number of nitrogens with one attached hydrogen (secondary N) is 1. The van der Waals surface area contributed by atoms with Crippen LogP contribution in [-0.2, 0) is 4.79 Å². The minimum atomic E-state index is -0.717. The fourth-order valence-electron chi connectivity index (χ4n) is 2.36. The van der Waals surface area contributed by atoms with Crippen LogP contribution in [0.25, 0.3) is 0 Å². The second kappa shape index (κ2) is 4.15. The minimum Gasteiger partial charge on any atom is -0.481 e. The molecule has 1 aliphatic carbocycles. The van der Waals surface area contributed by atoms with Gasteiger partial charge in [0, 0.05) is 5.92 Å². The van der Waals surface area contributed by atoms with Crippen molar-refractivity contribution in [3.05, 3.63) is 21.7 Å². The molecule has 0 radical (unpaired) electrons. The number of hydrogen-bond acceptors (Lipinski definition) is 3. The van der Waals surface area contributed by atoms with Gasteiger partial charge in [-0.25, -0.2) is 0 Å². The van der Waals surface area contributed by atoms with E-state index in [9.17, 15) is 9.59 Å². The average molecular weight is 225 g/mol. The van der Waals surface area contributed by atoms with Gasteiger partial charge in [-0.15, -0.1) is 0 Å². The summed E-state index contributed by atoms with van der Waals surface area (Å²) in [7, 11) is 0. The summed E-state index contributed by atoms with van der Waals surface area (Å²) in [5.41, 5.74) is 0.439. The molecule has 0 spiro atoms. The standard InChI is InChI=1S/C11H15NO4/c1-6-9(16-12-10(6)13)7-2-4-8(5-3-7)11(14)15/h7-8H,2-5H2,1H3,(H,12,13)(H,14,15). The van der Waals surface area contributed by atoms with E-state index in [0.717, 1.165) is 12.8 Å². The monoisotopic (exact) mass is 225 g/mol. The highest BCUT2D eigenvalue weighted by atomic mass is 16.5. The zero-order valence-corrected chi connectivity index (χ0v) is 9.16. The van der Waals surface area contributed by atoms with Gasteiger partial charge in [-0.2, -0.15) is 5.16 Å². The number of H-pyrrole nitrogens is 1.